The highest BCUT2D eigenvalue weighted by atomic mass is 16.5. The van der Waals surface area contributed by atoms with Crippen molar-refractivity contribution in [3.8, 4) is 11.4 Å². The first-order chi connectivity index (χ1) is 13.1. The molecule has 0 aliphatic heterocycles. The van der Waals surface area contributed by atoms with E-state index < -0.39 is 0 Å². The molecule has 4 rings (SSSR count). The van der Waals surface area contributed by atoms with Crippen LogP contribution in [0.2, 0.25) is 0 Å². The Labute approximate surface area is 159 Å². The zero-order valence-corrected chi connectivity index (χ0v) is 16.1. The summed E-state index contributed by atoms with van der Waals surface area (Å²) in [6.45, 7) is 6.27. The largest absolute Gasteiger partial charge is 0.497 e. The molecular weight excluding hydrogens is 334 g/mol. The average Bonchev–Trinajstić information content (AvgIpc) is 3.00. The van der Waals surface area contributed by atoms with Crippen molar-refractivity contribution in [3.05, 3.63) is 77.7 Å². The molecule has 4 nitrogen and oxygen atoms in total. The highest BCUT2D eigenvalue weighted by molar-refractivity contribution is 5.95. The zero-order chi connectivity index (χ0) is 19.0. The lowest BCUT2D eigenvalue weighted by molar-refractivity contribution is 0.415. The summed E-state index contributed by atoms with van der Waals surface area (Å²) < 4.78 is 7.68. The topological polar surface area (TPSA) is 39.1 Å². The summed E-state index contributed by atoms with van der Waals surface area (Å²) in [5.41, 5.74) is 7.53. The number of para-hydroxylation sites is 2. The highest BCUT2D eigenvalue weighted by Crippen LogP contribution is 2.32. The third-order valence-electron chi connectivity index (χ3n) is 4.83. The van der Waals surface area contributed by atoms with Gasteiger partial charge in [0.15, 0.2) is 0 Å². The quantitative estimate of drug-likeness (QED) is 0.509. The predicted molar refractivity (Wildman–Crippen MR) is 112 cm³/mol. The van der Waals surface area contributed by atoms with E-state index >= 15 is 0 Å². The number of nitrogens with one attached hydrogen (secondary N) is 1. The molecule has 0 aliphatic rings. The van der Waals surface area contributed by atoms with E-state index in [9.17, 15) is 0 Å². The van der Waals surface area contributed by atoms with E-state index in [0.29, 0.717) is 0 Å². The van der Waals surface area contributed by atoms with E-state index in [1.807, 2.05) is 25.1 Å². The van der Waals surface area contributed by atoms with Crippen molar-refractivity contribution in [2.75, 3.05) is 12.4 Å². The Kier molecular flexibility index (Phi) is 4.32. The van der Waals surface area contributed by atoms with Crippen LogP contribution in [0.3, 0.4) is 0 Å². The molecule has 2 heterocycles. The number of fused-ring (bicyclic) bond motifs is 1. The first kappa shape index (κ1) is 17.2. The fraction of sp³-hybridized carbons (Fsp3) is 0.174. The summed E-state index contributed by atoms with van der Waals surface area (Å²) in [6.07, 6.45) is 0. The SMILES string of the molecule is COc1ccc2nc(C)cc(Nc3ccccc3-n3c(C)ccc3C)c2c1. The van der Waals surface area contributed by atoms with Gasteiger partial charge in [-0.3, -0.25) is 4.98 Å². The summed E-state index contributed by atoms with van der Waals surface area (Å²) in [6, 6.07) is 20.7. The van der Waals surface area contributed by atoms with Crippen molar-refractivity contribution in [1.29, 1.82) is 0 Å². The van der Waals surface area contributed by atoms with E-state index in [-0.39, 0.29) is 0 Å². The zero-order valence-electron chi connectivity index (χ0n) is 16.1. The molecule has 0 atom stereocenters. The maximum Gasteiger partial charge on any atom is 0.119 e. The monoisotopic (exact) mass is 357 g/mol. The number of aromatic nitrogens is 2. The lowest BCUT2D eigenvalue weighted by atomic mass is 10.1. The molecule has 0 amide bonds. The number of anilines is 2. The molecule has 0 bridgehead atoms. The predicted octanol–water partition coefficient (Wildman–Crippen LogP) is 5.70. The van der Waals surface area contributed by atoms with Gasteiger partial charge in [-0.05, 0) is 69.3 Å². The Morgan fingerprint density at radius 3 is 2.33 bits per heavy atom. The van der Waals surface area contributed by atoms with Crippen molar-refractivity contribution in [2.45, 2.75) is 20.8 Å². The van der Waals surface area contributed by atoms with E-state index in [2.05, 4.69) is 71.2 Å². The van der Waals surface area contributed by atoms with Gasteiger partial charge in [0, 0.05) is 28.2 Å². The molecule has 1 N–H and O–H groups in total. The molecule has 136 valence electrons. The van der Waals surface area contributed by atoms with Gasteiger partial charge in [-0.15, -0.1) is 0 Å². The fourth-order valence-electron chi connectivity index (χ4n) is 3.54. The van der Waals surface area contributed by atoms with Gasteiger partial charge in [-0.25, -0.2) is 0 Å². The molecule has 4 heteroatoms. The normalized spacial score (nSPS) is 11.0. The Morgan fingerprint density at radius 1 is 0.852 bits per heavy atom. The molecule has 2 aromatic heterocycles. The number of methoxy groups -OCH3 is 1. The van der Waals surface area contributed by atoms with E-state index in [1.165, 1.54) is 11.4 Å². The van der Waals surface area contributed by atoms with Crippen LogP contribution in [0.1, 0.15) is 17.1 Å². The first-order valence-electron chi connectivity index (χ1n) is 9.03. The summed E-state index contributed by atoms with van der Waals surface area (Å²) >= 11 is 0. The van der Waals surface area contributed by atoms with Crippen LogP contribution in [-0.2, 0) is 0 Å². The molecule has 0 saturated carbocycles. The van der Waals surface area contributed by atoms with Gasteiger partial charge in [0.05, 0.1) is 24.0 Å². The summed E-state index contributed by atoms with van der Waals surface area (Å²) in [5, 5.41) is 4.67. The number of nitrogens with zero attached hydrogens (tertiary/aromatic N) is 2. The second kappa shape index (κ2) is 6.80. The number of benzene rings is 2. The van der Waals surface area contributed by atoms with Crippen molar-refractivity contribution in [2.24, 2.45) is 0 Å². The lowest BCUT2D eigenvalue weighted by Gasteiger charge is -2.17. The number of hydrogen-bond donors (Lipinski definition) is 1. The Balaban J connectivity index is 1.86. The Morgan fingerprint density at radius 2 is 1.59 bits per heavy atom. The second-order valence-corrected chi connectivity index (χ2v) is 6.79. The van der Waals surface area contributed by atoms with Gasteiger partial charge in [0.1, 0.15) is 5.75 Å². The Bertz CT molecular complexity index is 1110. The molecule has 0 unspecified atom stereocenters. The van der Waals surface area contributed by atoms with Crippen LogP contribution in [0.5, 0.6) is 5.75 Å². The van der Waals surface area contributed by atoms with Crippen LogP contribution in [-0.4, -0.2) is 16.7 Å². The minimum atomic E-state index is 0.821. The number of rotatable bonds is 4. The van der Waals surface area contributed by atoms with Gasteiger partial charge in [0.2, 0.25) is 0 Å². The van der Waals surface area contributed by atoms with Gasteiger partial charge in [0.25, 0.3) is 0 Å². The van der Waals surface area contributed by atoms with Crippen LogP contribution >= 0.6 is 0 Å². The van der Waals surface area contributed by atoms with Gasteiger partial charge >= 0.3 is 0 Å². The van der Waals surface area contributed by atoms with Crippen molar-refractivity contribution in [1.82, 2.24) is 9.55 Å². The van der Waals surface area contributed by atoms with Crippen molar-refractivity contribution < 1.29 is 4.74 Å². The number of hydrogen-bond acceptors (Lipinski definition) is 3. The molecule has 4 aromatic rings. The summed E-state index contributed by atoms with van der Waals surface area (Å²) in [7, 11) is 1.68. The lowest BCUT2D eigenvalue weighted by Crippen LogP contribution is -2.04. The van der Waals surface area contributed by atoms with E-state index in [4.69, 9.17) is 4.74 Å². The third kappa shape index (κ3) is 3.14. The van der Waals surface area contributed by atoms with Crippen LogP contribution in [0.15, 0.2) is 60.7 Å². The second-order valence-electron chi connectivity index (χ2n) is 6.79. The van der Waals surface area contributed by atoms with Gasteiger partial charge in [-0.1, -0.05) is 12.1 Å². The van der Waals surface area contributed by atoms with E-state index in [0.717, 1.165) is 39.4 Å². The van der Waals surface area contributed by atoms with Crippen LogP contribution in [0.25, 0.3) is 16.6 Å². The molecule has 0 spiro atoms. The maximum atomic E-state index is 5.41. The first-order valence-corrected chi connectivity index (χ1v) is 9.03. The number of aryl methyl sites for hydroxylation is 3. The summed E-state index contributed by atoms with van der Waals surface area (Å²) in [4.78, 5) is 4.65. The van der Waals surface area contributed by atoms with Crippen LogP contribution in [0, 0.1) is 20.8 Å². The highest BCUT2D eigenvalue weighted by Gasteiger charge is 2.11. The molecule has 2 aromatic carbocycles. The Hall–Kier alpha value is -3.27. The maximum absolute atomic E-state index is 5.41. The van der Waals surface area contributed by atoms with Crippen LogP contribution < -0.4 is 10.1 Å². The summed E-state index contributed by atoms with van der Waals surface area (Å²) in [5.74, 6) is 0.821. The molecular formula is C23H23N3O. The molecule has 0 saturated heterocycles. The molecule has 0 radical (unpaired) electrons. The van der Waals surface area contributed by atoms with Crippen LogP contribution in [0.4, 0.5) is 11.4 Å². The van der Waals surface area contributed by atoms with Gasteiger partial charge < -0.3 is 14.6 Å². The fourth-order valence-corrected chi connectivity index (χ4v) is 3.54. The smallest absolute Gasteiger partial charge is 0.119 e. The number of ether oxygens (including phenoxy) is 1. The number of pyridine rings is 1. The standard InChI is InChI=1S/C23H23N3O/c1-15-13-22(19-14-18(27-4)11-12-20(19)24-15)25-21-7-5-6-8-23(21)26-16(2)9-10-17(26)3/h5-14H,1-4H3,(H,24,25). The minimum Gasteiger partial charge on any atom is -0.497 e. The third-order valence-corrected chi connectivity index (χ3v) is 4.83. The molecule has 0 aliphatic carbocycles. The van der Waals surface area contributed by atoms with Crippen molar-refractivity contribution in [3.63, 3.8) is 0 Å². The average molecular weight is 357 g/mol. The minimum absolute atomic E-state index is 0.821. The van der Waals surface area contributed by atoms with Crippen molar-refractivity contribution >= 4 is 22.3 Å². The molecule has 0 fully saturated rings. The van der Waals surface area contributed by atoms with Gasteiger partial charge in [-0.2, -0.15) is 0 Å². The molecule has 27 heavy (non-hydrogen) atoms. The van der Waals surface area contributed by atoms with E-state index in [1.54, 1.807) is 7.11 Å².